The van der Waals surface area contributed by atoms with Crippen LogP contribution in [-0.4, -0.2) is 12.6 Å². The van der Waals surface area contributed by atoms with E-state index >= 15 is 0 Å². The van der Waals surface area contributed by atoms with Crippen LogP contribution in [0.5, 0.6) is 0 Å². The molecule has 0 spiro atoms. The van der Waals surface area contributed by atoms with E-state index in [-0.39, 0.29) is 11.9 Å². The van der Waals surface area contributed by atoms with Gasteiger partial charge in [0.2, 0.25) is 0 Å². The van der Waals surface area contributed by atoms with Crippen molar-refractivity contribution in [1.29, 1.82) is 0 Å². The lowest BCUT2D eigenvalue weighted by atomic mass is 10.1. The topological polar surface area (TPSA) is 35.5 Å². The number of ether oxygens (including phenoxy) is 2. The normalized spacial score (nSPS) is 11.2. The third-order valence-electron chi connectivity index (χ3n) is 3.16. The summed E-state index contributed by atoms with van der Waals surface area (Å²) in [6.45, 7) is 8.37. The van der Waals surface area contributed by atoms with Gasteiger partial charge in [0, 0.05) is 12.5 Å². The zero-order chi connectivity index (χ0) is 15.8. The molecule has 0 atom stereocenters. The van der Waals surface area contributed by atoms with Gasteiger partial charge in [0.15, 0.2) is 0 Å². The Morgan fingerprint density at radius 3 is 2.14 bits per heavy atom. The molecule has 0 aromatic rings. The van der Waals surface area contributed by atoms with E-state index in [1.54, 1.807) is 12.2 Å². The van der Waals surface area contributed by atoms with Crippen molar-refractivity contribution in [3.05, 3.63) is 24.7 Å². The predicted octanol–water partition coefficient (Wildman–Crippen LogP) is 5.51. The summed E-state index contributed by atoms with van der Waals surface area (Å²) in [6.07, 6.45) is 14.4. The van der Waals surface area contributed by atoms with E-state index < -0.39 is 0 Å². The molecule has 0 aliphatic carbocycles. The first-order valence-corrected chi connectivity index (χ1v) is 8.40. The van der Waals surface area contributed by atoms with Gasteiger partial charge in [-0.1, -0.05) is 71.4 Å². The summed E-state index contributed by atoms with van der Waals surface area (Å²) in [4.78, 5) is 11.4. The summed E-state index contributed by atoms with van der Waals surface area (Å²) in [5.74, 6) is 0.0212. The molecule has 0 unspecified atom stereocenters. The Hall–Kier alpha value is -1.25. The Morgan fingerprint density at radius 1 is 0.952 bits per heavy atom. The smallest absolute Gasteiger partial charge is 0.313 e. The highest BCUT2D eigenvalue weighted by atomic mass is 16.7. The van der Waals surface area contributed by atoms with Crippen molar-refractivity contribution < 1.29 is 14.3 Å². The fourth-order valence-corrected chi connectivity index (χ4v) is 1.98. The Labute approximate surface area is 130 Å². The van der Waals surface area contributed by atoms with E-state index in [4.69, 9.17) is 9.47 Å². The van der Waals surface area contributed by atoms with Crippen LogP contribution in [0.15, 0.2) is 24.7 Å². The number of unbranched alkanes of at least 4 members (excludes halogenated alkanes) is 7. The minimum absolute atomic E-state index is 0.249. The zero-order valence-corrected chi connectivity index (χ0v) is 13.9. The van der Waals surface area contributed by atoms with Crippen LogP contribution in [0, 0.1) is 0 Å². The monoisotopic (exact) mass is 296 g/mol. The summed E-state index contributed by atoms with van der Waals surface area (Å²) >= 11 is 0. The second kappa shape index (κ2) is 15.1. The summed E-state index contributed by atoms with van der Waals surface area (Å²) in [6, 6.07) is 0. The highest BCUT2D eigenvalue weighted by molar-refractivity contribution is 5.70. The molecule has 0 radical (unpaired) electrons. The summed E-state index contributed by atoms with van der Waals surface area (Å²) in [5.41, 5.74) is 0. The van der Waals surface area contributed by atoms with Gasteiger partial charge < -0.3 is 9.47 Å². The van der Waals surface area contributed by atoms with E-state index in [0.717, 1.165) is 19.3 Å². The Kier molecular flexibility index (Phi) is 14.2. The summed E-state index contributed by atoms with van der Waals surface area (Å²) in [7, 11) is 0. The van der Waals surface area contributed by atoms with E-state index in [1.165, 1.54) is 38.5 Å². The van der Waals surface area contributed by atoms with E-state index in [2.05, 4.69) is 13.5 Å². The van der Waals surface area contributed by atoms with Gasteiger partial charge in [-0.15, -0.1) is 0 Å². The van der Waals surface area contributed by atoms with Crippen molar-refractivity contribution in [1.82, 2.24) is 0 Å². The quantitative estimate of drug-likeness (QED) is 0.183. The van der Waals surface area contributed by atoms with Crippen molar-refractivity contribution in [3.63, 3.8) is 0 Å². The van der Waals surface area contributed by atoms with Crippen molar-refractivity contribution in [2.45, 2.75) is 78.1 Å². The van der Waals surface area contributed by atoms with Crippen molar-refractivity contribution in [2.75, 3.05) is 6.61 Å². The van der Waals surface area contributed by atoms with Crippen molar-refractivity contribution in [3.8, 4) is 0 Å². The number of carbonyl (C=O) groups is 1. The van der Waals surface area contributed by atoms with Gasteiger partial charge in [0.25, 0.3) is 5.95 Å². The fraction of sp³-hybridized carbons (Fsp3) is 0.722. The maximum absolute atomic E-state index is 11.4. The number of rotatable bonds is 14. The third-order valence-corrected chi connectivity index (χ3v) is 3.16. The molecular formula is C18H32O3. The molecule has 0 rings (SSSR count). The van der Waals surface area contributed by atoms with Gasteiger partial charge in [0.05, 0.1) is 6.61 Å². The first kappa shape index (κ1) is 19.8. The van der Waals surface area contributed by atoms with E-state index in [9.17, 15) is 4.79 Å². The molecule has 3 heteroatoms. The molecule has 0 aliphatic rings. The molecule has 122 valence electrons. The Bertz CT molecular complexity index is 295. The zero-order valence-electron chi connectivity index (χ0n) is 13.9. The lowest BCUT2D eigenvalue weighted by molar-refractivity contribution is -0.145. The van der Waals surface area contributed by atoms with Crippen LogP contribution in [0.3, 0.4) is 0 Å². The fourth-order valence-electron chi connectivity index (χ4n) is 1.98. The molecule has 0 aromatic carbocycles. The van der Waals surface area contributed by atoms with E-state index in [0.29, 0.717) is 13.0 Å². The molecule has 3 nitrogen and oxygen atoms in total. The molecule has 0 aromatic heterocycles. The average Bonchev–Trinajstić information content (AvgIpc) is 2.46. The molecule has 0 saturated heterocycles. The van der Waals surface area contributed by atoms with Gasteiger partial charge in [-0.2, -0.15) is 0 Å². The van der Waals surface area contributed by atoms with Crippen LogP contribution in [-0.2, 0) is 14.3 Å². The average molecular weight is 296 g/mol. The van der Waals surface area contributed by atoms with Crippen LogP contribution in [0.25, 0.3) is 0 Å². The van der Waals surface area contributed by atoms with Crippen LogP contribution in [0.2, 0.25) is 0 Å². The van der Waals surface area contributed by atoms with Crippen LogP contribution in [0.4, 0.5) is 0 Å². The first-order valence-electron chi connectivity index (χ1n) is 8.40. The van der Waals surface area contributed by atoms with Gasteiger partial charge >= 0.3 is 5.97 Å². The lowest BCUT2D eigenvalue weighted by Gasteiger charge is -2.10. The van der Waals surface area contributed by atoms with Crippen LogP contribution in [0.1, 0.15) is 78.1 Å². The predicted molar refractivity (Wildman–Crippen MR) is 87.8 cm³/mol. The standard InChI is InChI=1S/C18H32O3/c1-4-7-8-9-10-11-12-13-16-20-18(15-6-3)21-17(19)14-5-2/h6,15H,3-5,7-14,16H2,1-2H3/b18-15-. The molecule has 0 saturated carbocycles. The third kappa shape index (κ3) is 13.5. The van der Waals surface area contributed by atoms with Crippen LogP contribution >= 0.6 is 0 Å². The highest BCUT2D eigenvalue weighted by Crippen LogP contribution is 2.10. The molecule has 0 aliphatic heterocycles. The first-order chi connectivity index (χ1) is 10.2. The molecule has 0 N–H and O–H groups in total. The minimum atomic E-state index is -0.249. The maximum atomic E-state index is 11.4. The second-order valence-corrected chi connectivity index (χ2v) is 5.27. The Morgan fingerprint density at radius 2 is 1.57 bits per heavy atom. The molecule has 0 fully saturated rings. The molecule has 0 amide bonds. The molecule has 21 heavy (non-hydrogen) atoms. The minimum Gasteiger partial charge on any atom is -0.465 e. The molecular weight excluding hydrogens is 264 g/mol. The van der Waals surface area contributed by atoms with E-state index in [1.807, 2.05) is 6.92 Å². The SMILES string of the molecule is C=C/C=C(/OCCCCCCCCCC)OC(=O)CCC. The van der Waals surface area contributed by atoms with Crippen molar-refractivity contribution in [2.24, 2.45) is 0 Å². The van der Waals surface area contributed by atoms with Gasteiger partial charge in [-0.3, -0.25) is 4.79 Å². The van der Waals surface area contributed by atoms with Crippen LogP contribution < -0.4 is 0 Å². The number of hydrogen-bond acceptors (Lipinski definition) is 3. The van der Waals surface area contributed by atoms with Gasteiger partial charge in [0.1, 0.15) is 0 Å². The largest absolute Gasteiger partial charge is 0.465 e. The molecule has 0 heterocycles. The second-order valence-electron chi connectivity index (χ2n) is 5.27. The Balaban J connectivity index is 3.63. The molecule has 0 bridgehead atoms. The van der Waals surface area contributed by atoms with Crippen molar-refractivity contribution >= 4 is 5.97 Å². The number of hydrogen-bond donors (Lipinski definition) is 0. The summed E-state index contributed by atoms with van der Waals surface area (Å²) in [5, 5.41) is 0. The van der Waals surface area contributed by atoms with Gasteiger partial charge in [-0.25, -0.2) is 0 Å². The highest BCUT2D eigenvalue weighted by Gasteiger charge is 2.06. The van der Waals surface area contributed by atoms with Gasteiger partial charge in [-0.05, 0) is 12.8 Å². The lowest BCUT2D eigenvalue weighted by Crippen LogP contribution is -2.07. The number of esters is 1. The number of carbonyl (C=O) groups excluding carboxylic acids is 1. The maximum Gasteiger partial charge on any atom is 0.313 e. The number of allylic oxidation sites excluding steroid dienone is 2. The summed E-state index contributed by atoms with van der Waals surface area (Å²) < 4.78 is 10.6.